The molecule has 1 heterocycles. The van der Waals surface area contributed by atoms with Gasteiger partial charge < -0.3 is 19.7 Å². The average Bonchev–Trinajstić information content (AvgIpc) is 3.41. The minimum Gasteiger partial charge on any atom is -0.497 e. The molecule has 0 unspecified atom stereocenters. The van der Waals surface area contributed by atoms with Crippen molar-refractivity contribution in [2.24, 2.45) is 5.10 Å². The lowest BCUT2D eigenvalue weighted by atomic mass is 9.98. The molecule has 1 aliphatic heterocycles. The Morgan fingerprint density at radius 3 is 2.46 bits per heavy atom. The quantitative estimate of drug-likeness (QED) is 0.321. The molecular formula is C29H28ClF3N4O4. The fourth-order valence-corrected chi connectivity index (χ4v) is 4.60. The molecule has 3 amide bonds. The maximum absolute atomic E-state index is 13.7. The van der Waals surface area contributed by atoms with Crippen LogP contribution in [0.3, 0.4) is 0 Å². The van der Waals surface area contributed by atoms with Crippen LogP contribution in [-0.4, -0.2) is 61.5 Å². The standard InChI is InChI=1S/C29H28ClF3N4O4/c1-40-15-14-36(28(39)34-21-12-10-20(11-13-21)29(31,32)33)18-27(38)37-26(23-8-3-4-9-24(23)30)17-25(35-37)19-6-5-7-22(16-19)41-2/h3-13,16,26H,14-15,17-18H2,1-2H3,(H,34,39)/t26-/m0/s1. The van der Waals surface area contributed by atoms with Crippen molar-refractivity contribution in [2.45, 2.75) is 18.6 Å². The number of alkyl halides is 3. The maximum atomic E-state index is 13.7. The summed E-state index contributed by atoms with van der Waals surface area (Å²) < 4.78 is 49.2. The number of halogens is 4. The van der Waals surface area contributed by atoms with E-state index >= 15 is 0 Å². The van der Waals surface area contributed by atoms with Crippen LogP contribution in [0.5, 0.6) is 5.75 Å². The van der Waals surface area contributed by atoms with E-state index in [1.165, 1.54) is 17.0 Å². The van der Waals surface area contributed by atoms with E-state index < -0.39 is 29.7 Å². The number of hydrogen-bond acceptors (Lipinski definition) is 5. The zero-order valence-electron chi connectivity index (χ0n) is 22.3. The van der Waals surface area contributed by atoms with E-state index in [0.717, 1.165) is 29.8 Å². The molecule has 1 N–H and O–H groups in total. The number of methoxy groups -OCH3 is 2. The molecule has 3 aromatic rings. The van der Waals surface area contributed by atoms with E-state index in [1.807, 2.05) is 30.3 Å². The molecule has 1 atom stereocenters. The normalized spacial score (nSPS) is 14.9. The van der Waals surface area contributed by atoms with E-state index in [0.29, 0.717) is 28.5 Å². The van der Waals surface area contributed by atoms with E-state index in [-0.39, 0.29) is 25.4 Å². The SMILES string of the molecule is COCCN(CC(=O)N1N=C(c2cccc(OC)c2)C[C@H]1c1ccccc1Cl)C(=O)Nc1ccc(C(F)(F)F)cc1. The number of hydrogen-bond donors (Lipinski definition) is 1. The Morgan fingerprint density at radius 1 is 1.07 bits per heavy atom. The zero-order valence-corrected chi connectivity index (χ0v) is 23.1. The van der Waals surface area contributed by atoms with Gasteiger partial charge in [-0.1, -0.05) is 41.9 Å². The number of benzene rings is 3. The highest BCUT2D eigenvalue weighted by Crippen LogP contribution is 2.37. The molecule has 0 saturated heterocycles. The highest BCUT2D eigenvalue weighted by atomic mass is 35.5. The predicted octanol–water partition coefficient (Wildman–Crippen LogP) is 6.23. The van der Waals surface area contributed by atoms with E-state index in [2.05, 4.69) is 10.4 Å². The summed E-state index contributed by atoms with van der Waals surface area (Å²) in [4.78, 5) is 28.0. The second-order valence-corrected chi connectivity index (χ2v) is 9.59. The van der Waals surface area contributed by atoms with Crippen molar-refractivity contribution in [3.8, 4) is 5.75 Å². The first-order valence-corrected chi connectivity index (χ1v) is 13.0. The van der Waals surface area contributed by atoms with E-state index in [9.17, 15) is 22.8 Å². The molecule has 0 saturated carbocycles. The summed E-state index contributed by atoms with van der Waals surface area (Å²) in [6.07, 6.45) is -4.13. The third-order valence-corrected chi connectivity index (χ3v) is 6.82. The molecule has 4 rings (SSSR count). The number of anilines is 1. The molecule has 0 fully saturated rings. The van der Waals surface area contributed by atoms with Crippen molar-refractivity contribution < 1.29 is 32.2 Å². The summed E-state index contributed by atoms with van der Waals surface area (Å²) in [5.41, 5.74) is 1.41. The van der Waals surface area contributed by atoms with Gasteiger partial charge in [-0.15, -0.1) is 0 Å². The van der Waals surface area contributed by atoms with E-state index in [1.54, 1.807) is 25.3 Å². The molecule has 0 spiro atoms. The number of nitrogens with zero attached hydrogens (tertiary/aromatic N) is 3. The fraction of sp³-hybridized carbons (Fsp3) is 0.276. The lowest BCUT2D eigenvalue weighted by Gasteiger charge is -2.27. The van der Waals surface area contributed by atoms with E-state index in [4.69, 9.17) is 21.1 Å². The van der Waals surface area contributed by atoms with Crippen LogP contribution in [0.2, 0.25) is 5.02 Å². The Labute approximate surface area is 240 Å². The smallest absolute Gasteiger partial charge is 0.416 e. The summed E-state index contributed by atoms with van der Waals surface area (Å²) in [6, 6.07) is 17.3. The minimum absolute atomic E-state index is 0.0474. The van der Waals surface area contributed by atoms with Crippen LogP contribution in [0.25, 0.3) is 0 Å². The van der Waals surface area contributed by atoms with Gasteiger partial charge in [-0.3, -0.25) is 4.79 Å². The van der Waals surface area contributed by atoms with Gasteiger partial charge in [-0.25, -0.2) is 9.80 Å². The number of hydrazone groups is 1. The van der Waals surface area contributed by atoms with Gasteiger partial charge in [0.25, 0.3) is 5.91 Å². The summed E-state index contributed by atoms with van der Waals surface area (Å²) in [5, 5.41) is 8.97. The lowest BCUT2D eigenvalue weighted by molar-refractivity contribution is -0.137. The van der Waals surface area contributed by atoms with Crippen molar-refractivity contribution >= 4 is 34.9 Å². The van der Waals surface area contributed by atoms with Crippen molar-refractivity contribution in [1.29, 1.82) is 0 Å². The van der Waals surface area contributed by atoms with Gasteiger partial charge in [0, 0.05) is 36.3 Å². The van der Waals surface area contributed by atoms with Crippen LogP contribution in [0.15, 0.2) is 77.9 Å². The molecule has 41 heavy (non-hydrogen) atoms. The van der Waals surface area contributed by atoms with Crippen LogP contribution in [0.1, 0.15) is 29.2 Å². The van der Waals surface area contributed by atoms with Gasteiger partial charge in [-0.2, -0.15) is 18.3 Å². The van der Waals surface area contributed by atoms with Gasteiger partial charge in [-0.05, 0) is 48.0 Å². The molecule has 1 aliphatic rings. The van der Waals surface area contributed by atoms with Crippen molar-refractivity contribution in [2.75, 3.05) is 39.2 Å². The summed E-state index contributed by atoms with van der Waals surface area (Å²) in [5.74, 6) is 0.154. The summed E-state index contributed by atoms with van der Waals surface area (Å²) in [7, 11) is 3.01. The predicted molar refractivity (Wildman–Crippen MR) is 149 cm³/mol. The number of carbonyl (C=O) groups excluding carboxylic acids is 2. The first-order chi connectivity index (χ1) is 19.6. The molecule has 0 aromatic heterocycles. The Morgan fingerprint density at radius 2 is 1.80 bits per heavy atom. The van der Waals surface area contributed by atoms with Gasteiger partial charge in [0.2, 0.25) is 0 Å². The molecule has 3 aromatic carbocycles. The Hall–Kier alpha value is -4.09. The third-order valence-electron chi connectivity index (χ3n) is 6.48. The molecule has 216 valence electrons. The van der Waals surface area contributed by atoms with Crippen molar-refractivity contribution in [3.63, 3.8) is 0 Å². The largest absolute Gasteiger partial charge is 0.497 e. The number of rotatable bonds is 9. The Bertz CT molecular complexity index is 1420. The summed E-state index contributed by atoms with van der Waals surface area (Å²) >= 11 is 6.50. The van der Waals surface area contributed by atoms with Crippen LogP contribution in [0.4, 0.5) is 23.7 Å². The Kier molecular flexibility index (Phi) is 9.51. The number of amides is 3. The third kappa shape index (κ3) is 7.36. The topological polar surface area (TPSA) is 83.5 Å². The molecular weight excluding hydrogens is 561 g/mol. The number of urea groups is 1. The zero-order chi connectivity index (χ0) is 29.6. The number of nitrogens with one attached hydrogen (secondary N) is 1. The minimum atomic E-state index is -4.50. The highest BCUT2D eigenvalue weighted by Gasteiger charge is 2.35. The average molecular weight is 589 g/mol. The van der Waals surface area contributed by atoms with Gasteiger partial charge in [0.05, 0.1) is 31.0 Å². The molecule has 0 bridgehead atoms. The number of ether oxygens (including phenoxy) is 2. The molecule has 8 nitrogen and oxygen atoms in total. The second-order valence-electron chi connectivity index (χ2n) is 9.18. The van der Waals surface area contributed by atoms with Crippen molar-refractivity contribution in [3.05, 3.63) is 94.5 Å². The van der Waals surface area contributed by atoms with Gasteiger partial charge >= 0.3 is 12.2 Å². The van der Waals surface area contributed by atoms with Crippen LogP contribution in [-0.2, 0) is 15.7 Å². The van der Waals surface area contributed by atoms with Crippen LogP contribution in [0, 0.1) is 0 Å². The van der Waals surface area contributed by atoms with Gasteiger partial charge in [0.15, 0.2) is 0 Å². The first kappa shape index (κ1) is 29.9. The Balaban J connectivity index is 1.58. The van der Waals surface area contributed by atoms with Gasteiger partial charge in [0.1, 0.15) is 12.3 Å². The second kappa shape index (κ2) is 13.0. The monoisotopic (exact) mass is 588 g/mol. The first-order valence-electron chi connectivity index (χ1n) is 12.6. The van der Waals surface area contributed by atoms with Crippen molar-refractivity contribution in [1.82, 2.24) is 9.91 Å². The van der Waals surface area contributed by atoms with Crippen LogP contribution < -0.4 is 10.1 Å². The maximum Gasteiger partial charge on any atom is 0.416 e. The molecule has 0 radical (unpaired) electrons. The lowest BCUT2D eigenvalue weighted by Crippen LogP contribution is -2.44. The fourth-order valence-electron chi connectivity index (χ4n) is 4.34. The molecule has 0 aliphatic carbocycles. The molecule has 12 heteroatoms. The summed E-state index contributed by atoms with van der Waals surface area (Å²) in [6.45, 7) is -0.197. The van der Waals surface area contributed by atoms with Crippen LogP contribution >= 0.6 is 11.6 Å². The highest BCUT2D eigenvalue weighted by molar-refractivity contribution is 6.31. The number of carbonyl (C=O) groups is 2.